The van der Waals surface area contributed by atoms with Crippen LogP contribution in [0.25, 0.3) is 0 Å². The quantitative estimate of drug-likeness (QED) is 0.585. The van der Waals surface area contributed by atoms with E-state index < -0.39 is 7.82 Å². The van der Waals surface area contributed by atoms with Gasteiger partial charge in [-0.3, -0.25) is 0 Å². The molecule has 64 valence electrons. The van der Waals surface area contributed by atoms with Crippen LogP contribution in [0.15, 0.2) is 0 Å². The summed E-state index contributed by atoms with van der Waals surface area (Å²) in [6.45, 7) is 0. The fourth-order valence-electron chi connectivity index (χ4n) is 0.201. The van der Waals surface area contributed by atoms with Gasteiger partial charge in [-0.05, 0) is 0 Å². The van der Waals surface area contributed by atoms with Crippen LogP contribution in [-0.4, -0.2) is 17.4 Å². The zero-order valence-electron chi connectivity index (χ0n) is 5.34. The minimum absolute atomic E-state index is 0. The second kappa shape index (κ2) is 6.79. The number of hydrogen-bond donors (Lipinski definition) is 1. The molecule has 1 N–H and O–H groups in total. The van der Waals surface area contributed by atoms with Crippen LogP contribution >= 0.6 is 44.3 Å². The van der Waals surface area contributed by atoms with E-state index in [4.69, 9.17) is 4.89 Å². The molecule has 0 atom stereocenters. The highest BCUT2D eigenvalue weighted by molar-refractivity contribution is 8.00. The van der Waals surface area contributed by atoms with Crippen LogP contribution in [0.4, 0.5) is 0 Å². The van der Waals surface area contributed by atoms with Crippen molar-refractivity contribution in [3.63, 3.8) is 0 Å². The summed E-state index contributed by atoms with van der Waals surface area (Å²) in [6, 6.07) is 0. The third kappa shape index (κ3) is 7.21. The van der Waals surface area contributed by atoms with Gasteiger partial charge in [-0.15, -0.1) is 12.4 Å². The molecular weight excluding hydrogens is 219 g/mol. The molecule has 8 heteroatoms. The molecule has 0 saturated heterocycles. The molecule has 0 aromatic carbocycles. The maximum atomic E-state index is 10.5. The van der Waals surface area contributed by atoms with Crippen molar-refractivity contribution in [2.75, 3.05) is 12.5 Å². The van der Waals surface area contributed by atoms with Crippen LogP contribution in [0.5, 0.6) is 0 Å². The van der Waals surface area contributed by atoms with E-state index in [2.05, 4.69) is 7.94 Å². The summed E-state index contributed by atoms with van der Waals surface area (Å²) in [6.07, 6.45) is 3.07. The third-order valence-electron chi connectivity index (χ3n) is 0.337. The maximum absolute atomic E-state index is 10.5. The fourth-order valence-corrected chi connectivity index (χ4v) is 2.03. The molecule has 0 heterocycles. The van der Waals surface area contributed by atoms with Gasteiger partial charge in [0.1, 0.15) is 0 Å². The first-order valence-corrected chi connectivity index (χ1v) is 5.69. The summed E-state index contributed by atoms with van der Waals surface area (Å²) in [5.74, 6) is 0. The highest BCUT2D eigenvalue weighted by atomic mass is 35.5. The zero-order chi connectivity index (χ0) is 7.33. The van der Waals surface area contributed by atoms with Crippen molar-refractivity contribution >= 4 is 44.3 Å². The molecule has 0 unspecified atom stereocenters. The molecule has 0 rings (SSSR count). The smallest absolute Gasteiger partial charge is 0.301 e. The largest absolute Gasteiger partial charge is 0.494 e. The Hall–Kier alpha value is 1.10. The van der Waals surface area contributed by atoms with Gasteiger partial charge < -0.3 is 4.89 Å². The van der Waals surface area contributed by atoms with E-state index in [0.29, 0.717) is 0 Å². The average molecular weight is 227 g/mol. The van der Waals surface area contributed by atoms with Crippen molar-refractivity contribution in [3.8, 4) is 0 Å². The SMILES string of the molecule is CSOP(=O)(O)OSC.Cl. The first-order chi connectivity index (χ1) is 4.12. The van der Waals surface area contributed by atoms with E-state index in [1.165, 1.54) is 12.5 Å². The number of rotatable bonds is 4. The van der Waals surface area contributed by atoms with E-state index in [-0.39, 0.29) is 12.4 Å². The summed E-state index contributed by atoms with van der Waals surface area (Å²) >= 11 is 1.59. The van der Waals surface area contributed by atoms with Gasteiger partial charge in [0.05, 0.1) is 0 Å². The van der Waals surface area contributed by atoms with Gasteiger partial charge in [-0.2, -0.15) is 0 Å². The van der Waals surface area contributed by atoms with Gasteiger partial charge in [0.25, 0.3) is 0 Å². The van der Waals surface area contributed by atoms with E-state index in [0.717, 1.165) is 24.1 Å². The lowest BCUT2D eigenvalue weighted by atomic mass is 12.0. The predicted octanol–water partition coefficient (Wildman–Crippen LogP) is 2.10. The number of halogens is 1. The molecule has 0 spiro atoms. The minimum atomic E-state index is -3.77. The Morgan fingerprint density at radius 3 is 1.80 bits per heavy atom. The first-order valence-electron chi connectivity index (χ1n) is 1.90. The molecule has 0 amide bonds. The molecule has 0 aliphatic heterocycles. The van der Waals surface area contributed by atoms with E-state index in [1.807, 2.05) is 0 Å². The Labute approximate surface area is 74.5 Å². The van der Waals surface area contributed by atoms with E-state index in [9.17, 15) is 4.57 Å². The fraction of sp³-hybridized carbons (Fsp3) is 1.00. The van der Waals surface area contributed by atoms with Crippen molar-refractivity contribution in [1.29, 1.82) is 0 Å². The van der Waals surface area contributed by atoms with Gasteiger partial charge in [0.2, 0.25) is 0 Å². The molecule has 4 nitrogen and oxygen atoms in total. The highest BCUT2D eigenvalue weighted by Gasteiger charge is 2.20. The molecule has 0 aromatic rings. The van der Waals surface area contributed by atoms with Crippen molar-refractivity contribution in [2.45, 2.75) is 0 Å². The summed E-state index contributed by atoms with van der Waals surface area (Å²) in [7, 11) is -3.77. The topological polar surface area (TPSA) is 55.8 Å². The lowest BCUT2D eigenvalue weighted by Gasteiger charge is -2.04. The van der Waals surface area contributed by atoms with Crippen LogP contribution in [0.1, 0.15) is 0 Å². The standard InChI is InChI=1S/C2H7O4PS2.ClH/c1-8-5-7(3,4)6-9-2;/h1-2H3,(H,3,4);1H. The molecule has 0 bridgehead atoms. The average Bonchev–Trinajstić information content (AvgIpc) is 1.64. The monoisotopic (exact) mass is 226 g/mol. The predicted molar refractivity (Wildman–Crippen MR) is 46.3 cm³/mol. The zero-order valence-corrected chi connectivity index (χ0v) is 8.69. The molecule has 0 saturated carbocycles. The van der Waals surface area contributed by atoms with E-state index >= 15 is 0 Å². The van der Waals surface area contributed by atoms with Gasteiger partial charge >= 0.3 is 7.82 Å². The van der Waals surface area contributed by atoms with Crippen LogP contribution in [0, 0.1) is 0 Å². The van der Waals surface area contributed by atoms with Gasteiger partial charge in [-0.25, -0.2) is 12.5 Å². The molecule has 0 aromatic heterocycles. The molecule has 0 aliphatic rings. The summed E-state index contributed by atoms with van der Waals surface area (Å²) in [5, 5.41) is 0. The van der Waals surface area contributed by atoms with Crippen molar-refractivity contribution in [3.05, 3.63) is 0 Å². The van der Waals surface area contributed by atoms with Crippen molar-refractivity contribution in [1.82, 2.24) is 0 Å². The third-order valence-corrected chi connectivity index (χ3v) is 3.04. The summed E-state index contributed by atoms with van der Waals surface area (Å²) in [4.78, 5) is 8.58. The molecular formula is C2H8ClO4PS2. The van der Waals surface area contributed by atoms with Crippen LogP contribution in [0.2, 0.25) is 0 Å². The number of phosphoric acid groups is 1. The van der Waals surface area contributed by atoms with Crippen LogP contribution < -0.4 is 0 Å². The molecule has 0 aliphatic carbocycles. The Morgan fingerprint density at radius 2 is 1.60 bits per heavy atom. The molecule has 0 radical (unpaired) electrons. The minimum Gasteiger partial charge on any atom is -0.301 e. The Bertz CT molecular complexity index is 112. The summed E-state index contributed by atoms with van der Waals surface area (Å²) in [5.41, 5.74) is 0. The van der Waals surface area contributed by atoms with Gasteiger partial charge in [-0.1, -0.05) is 0 Å². The highest BCUT2D eigenvalue weighted by Crippen LogP contribution is 2.49. The van der Waals surface area contributed by atoms with Crippen molar-refractivity contribution < 1.29 is 17.4 Å². The second-order valence-electron chi connectivity index (χ2n) is 0.951. The van der Waals surface area contributed by atoms with Gasteiger partial charge in [0, 0.05) is 36.6 Å². The Morgan fingerprint density at radius 1 is 1.30 bits per heavy atom. The Balaban J connectivity index is 0. The van der Waals surface area contributed by atoms with Crippen LogP contribution in [-0.2, 0) is 12.5 Å². The number of hydrogen-bond acceptors (Lipinski definition) is 5. The first kappa shape index (κ1) is 13.7. The summed E-state index contributed by atoms with van der Waals surface area (Å²) < 4.78 is 19.0. The van der Waals surface area contributed by atoms with Crippen LogP contribution in [0.3, 0.4) is 0 Å². The molecule has 10 heavy (non-hydrogen) atoms. The second-order valence-corrected chi connectivity index (χ2v) is 3.75. The molecule has 0 fully saturated rings. The van der Waals surface area contributed by atoms with E-state index in [1.54, 1.807) is 0 Å². The maximum Gasteiger partial charge on any atom is 0.494 e. The lowest BCUT2D eigenvalue weighted by Crippen LogP contribution is -1.80. The normalized spacial score (nSPS) is 10.7. The van der Waals surface area contributed by atoms with Gasteiger partial charge in [0.15, 0.2) is 0 Å². The Kier molecular flexibility index (Phi) is 9.28. The lowest BCUT2D eigenvalue weighted by molar-refractivity contribution is 0.324. The van der Waals surface area contributed by atoms with Crippen molar-refractivity contribution in [2.24, 2.45) is 0 Å².